The van der Waals surface area contributed by atoms with E-state index in [0.29, 0.717) is 0 Å². The highest BCUT2D eigenvalue weighted by molar-refractivity contribution is 7.99. The Bertz CT molecular complexity index is 496. The van der Waals surface area contributed by atoms with E-state index in [4.69, 9.17) is 0 Å². The maximum atomic E-state index is 12.9. The summed E-state index contributed by atoms with van der Waals surface area (Å²) in [4.78, 5) is 19.7. The zero-order valence-electron chi connectivity index (χ0n) is 13.8. The maximum absolute atomic E-state index is 12.9. The lowest BCUT2D eigenvalue weighted by Crippen LogP contribution is -2.59. The second-order valence-corrected chi connectivity index (χ2v) is 7.67. The molecule has 1 amide bonds. The Balaban J connectivity index is 1.52. The number of carbonyl (C=O) groups is 1. The minimum absolute atomic E-state index is 0.218. The number of aromatic nitrogens is 1. The Hall–Kier alpha value is -1.07. The summed E-state index contributed by atoms with van der Waals surface area (Å²) in [7, 11) is 0. The first-order valence-corrected chi connectivity index (χ1v) is 9.87. The lowest BCUT2D eigenvalue weighted by molar-refractivity contribution is -0.135. The summed E-state index contributed by atoms with van der Waals surface area (Å²) in [6, 6.07) is 5.94. The molecule has 2 fully saturated rings. The summed E-state index contributed by atoms with van der Waals surface area (Å²) in [6.07, 6.45) is 10.0. The number of amides is 1. The molecule has 1 aromatic rings. The highest BCUT2D eigenvalue weighted by Crippen LogP contribution is 2.36. The van der Waals surface area contributed by atoms with Gasteiger partial charge in [-0.3, -0.25) is 9.69 Å². The van der Waals surface area contributed by atoms with Crippen LogP contribution in [0.1, 0.15) is 44.9 Å². The molecule has 23 heavy (non-hydrogen) atoms. The van der Waals surface area contributed by atoms with Crippen LogP contribution in [0.5, 0.6) is 0 Å². The number of likely N-dealkylation sites (tertiary alicyclic amines) is 1. The Kier molecular flexibility index (Phi) is 5.95. The van der Waals surface area contributed by atoms with Crippen molar-refractivity contribution in [2.45, 2.75) is 55.5 Å². The quantitative estimate of drug-likeness (QED) is 0.642. The molecule has 0 atom stereocenters. The number of rotatable bonds is 6. The van der Waals surface area contributed by atoms with Crippen LogP contribution < -0.4 is 5.32 Å². The number of pyridine rings is 1. The number of hydrogen-bond acceptors (Lipinski definition) is 4. The van der Waals surface area contributed by atoms with Crippen molar-refractivity contribution in [2.24, 2.45) is 0 Å². The van der Waals surface area contributed by atoms with Gasteiger partial charge in [0.2, 0.25) is 5.91 Å². The van der Waals surface area contributed by atoms with Gasteiger partial charge in [0.15, 0.2) is 0 Å². The zero-order valence-corrected chi connectivity index (χ0v) is 14.6. The smallest absolute Gasteiger partial charge is 0.240 e. The normalized spacial score (nSPS) is 21.2. The monoisotopic (exact) mass is 333 g/mol. The first-order valence-electron chi connectivity index (χ1n) is 8.88. The summed E-state index contributed by atoms with van der Waals surface area (Å²) in [5.74, 6) is 1.14. The topological polar surface area (TPSA) is 45.2 Å². The van der Waals surface area contributed by atoms with Crippen molar-refractivity contribution >= 4 is 17.7 Å². The van der Waals surface area contributed by atoms with Crippen LogP contribution in [0.25, 0.3) is 0 Å². The summed E-state index contributed by atoms with van der Waals surface area (Å²) in [5, 5.41) is 4.23. The van der Waals surface area contributed by atoms with E-state index in [1.54, 1.807) is 11.8 Å². The summed E-state index contributed by atoms with van der Waals surface area (Å²) >= 11 is 1.70. The first-order chi connectivity index (χ1) is 11.3. The fourth-order valence-corrected chi connectivity index (χ4v) is 4.61. The second kappa shape index (κ2) is 8.15. The minimum atomic E-state index is -0.218. The van der Waals surface area contributed by atoms with Crippen LogP contribution in [-0.2, 0) is 4.79 Å². The molecule has 5 heteroatoms. The average molecular weight is 334 g/mol. The van der Waals surface area contributed by atoms with Gasteiger partial charge in [-0.05, 0) is 50.9 Å². The minimum Gasteiger partial charge on any atom is -0.354 e. The molecule has 0 bridgehead atoms. The first kappa shape index (κ1) is 16.8. The fraction of sp³-hybridized carbons (Fsp3) is 0.667. The molecule has 1 aromatic heterocycles. The molecule has 1 aliphatic carbocycles. The van der Waals surface area contributed by atoms with Crippen molar-refractivity contribution in [3.8, 4) is 0 Å². The van der Waals surface area contributed by atoms with E-state index in [-0.39, 0.29) is 11.4 Å². The standard InChI is InChI=1S/C18H27N3OS/c22-17(20-12-15-23-16-8-2-5-11-19-16)18(9-3-1-4-10-18)21-13-6-7-14-21/h2,5,8,11H,1,3-4,6-7,9-10,12-15H2,(H,20,22). The molecule has 3 rings (SSSR count). The number of carbonyl (C=O) groups excluding carboxylic acids is 1. The number of hydrogen-bond donors (Lipinski definition) is 1. The van der Waals surface area contributed by atoms with E-state index in [1.165, 1.54) is 32.1 Å². The number of thioether (sulfide) groups is 1. The number of nitrogens with one attached hydrogen (secondary N) is 1. The van der Waals surface area contributed by atoms with Crippen LogP contribution in [0, 0.1) is 0 Å². The van der Waals surface area contributed by atoms with Crippen molar-refractivity contribution in [3.05, 3.63) is 24.4 Å². The molecule has 1 N–H and O–H groups in total. The fourth-order valence-electron chi connectivity index (χ4n) is 3.89. The maximum Gasteiger partial charge on any atom is 0.240 e. The van der Waals surface area contributed by atoms with Crippen molar-refractivity contribution < 1.29 is 4.79 Å². The van der Waals surface area contributed by atoms with Gasteiger partial charge in [0, 0.05) is 18.5 Å². The second-order valence-electron chi connectivity index (χ2n) is 6.56. The van der Waals surface area contributed by atoms with E-state index in [2.05, 4.69) is 15.2 Å². The van der Waals surface area contributed by atoms with Gasteiger partial charge < -0.3 is 5.32 Å². The zero-order chi connectivity index (χ0) is 16.0. The molecule has 0 unspecified atom stereocenters. The van der Waals surface area contributed by atoms with Gasteiger partial charge in [0.05, 0.1) is 5.03 Å². The van der Waals surface area contributed by atoms with Crippen LogP contribution in [-0.4, -0.2) is 46.7 Å². The average Bonchev–Trinajstić information content (AvgIpc) is 3.15. The molecule has 0 spiro atoms. The Morgan fingerprint density at radius 1 is 1.17 bits per heavy atom. The molecule has 0 aromatic carbocycles. The predicted octanol–water partition coefficient (Wildman–Crippen LogP) is 3.09. The van der Waals surface area contributed by atoms with Crippen LogP contribution in [0.4, 0.5) is 0 Å². The molecular formula is C18H27N3OS. The van der Waals surface area contributed by atoms with Crippen LogP contribution in [0.3, 0.4) is 0 Å². The van der Waals surface area contributed by atoms with Crippen LogP contribution in [0.2, 0.25) is 0 Å². The molecule has 126 valence electrons. The van der Waals surface area contributed by atoms with E-state index in [0.717, 1.165) is 43.3 Å². The van der Waals surface area contributed by atoms with Gasteiger partial charge in [0.1, 0.15) is 5.54 Å². The van der Waals surface area contributed by atoms with Gasteiger partial charge >= 0.3 is 0 Å². The Morgan fingerprint density at radius 2 is 1.96 bits per heavy atom. The lowest BCUT2D eigenvalue weighted by atomic mass is 9.79. The van der Waals surface area contributed by atoms with E-state index < -0.39 is 0 Å². The molecule has 1 aliphatic heterocycles. The molecule has 2 aliphatic rings. The molecule has 1 saturated carbocycles. The lowest BCUT2D eigenvalue weighted by Gasteiger charge is -2.43. The van der Waals surface area contributed by atoms with E-state index in [9.17, 15) is 4.79 Å². The van der Waals surface area contributed by atoms with Crippen molar-refractivity contribution in [1.82, 2.24) is 15.2 Å². The third kappa shape index (κ3) is 4.07. The van der Waals surface area contributed by atoms with Gasteiger partial charge in [-0.2, -0.15) is 0 Å². The molecule has 0 radical (unpaired) electrons. The van der Waals surface area contributed by atoms with Gasteiger partial charge in [-0.25, -0.2) is 4.98 Å². The van der Waals surface area contributed by atoms with E-state index >= 15 is 0 Å². The Morgan fingerprint density at radius 3 is 2.65 bits per heavy atom. The summed E-state index contributed by atoms with van der Waals surface area (Å²) in [6.45, 7) is 2.90. The van der Waals surface area contributed by atoms with E-state index in [1.807, 2.05) is 24.4 Å². The molecular weight excluding hydrogens is 306 g/mol. The Labute approximate surface area is 143 Å². The highest BCUT2D eigenvalue weighted by atomic mass is 32.2. The van der Waals surface area contributed by atoms with Crippen molar-refractivity contribution in [2.75, 3.05) is 25.4 Å². The van der Waals surface area contributed by atoms with Crippen molar-refractivity contribution in [3.63, 3.8) is 0 Å². The highest BCUT2D eigenvalue weighted by Gasteiger charge is 2.45. The van der Waals surface area contributed by atoms with Crippen molar-refractivity contribution in [1.29, 1.82) is 0 Å². The third-order valence-corrected chi connectivity index (χ3v) is 6.04. The van der Waals surface area contributed by atoms with Gasteiger partial charge in [0.25, 0.3) is 0 Å². The largest absolute Gasteiger partial charge is 0.354 e. The number of nitrogens with zero attached hydrogens (tertiary/aromatic N) is 2. The van der Waals surface area contributed by atoms with Gasteiger partial charge in [-0.15, -0.1) is 11.8 Å². The summed E-state index contributed by atoms with van der Waals surface area (Å²) < 4.78 is 0. The molecule has 1 saturated heterocycles. The SMILES string of the molecule is O=C(NCCSc1ccccn1)C1(N2CCCC2)CCCCC1. The van der Waals surface area contributed by atoms with Crippen LogP contribution in [0.15, 0.2) is 29.4 Å². The summed E-state index contributed by atoms with van der Waals surface area (Å²) in [5.41, 5.74) is -0.218. The third-order valence-electron chi connectivity index (χ3n) is 5.09. The van der Waals surface area contributed by atoms with Gasteiger partial charge in [-0.1, -0.05) is 25.3 Å². The predicted molar refractivity (Wildman–Crippen MR) is 94.6 cm³/mol. The molecule has 2 heterocycles. The van der Waals surface area contributed by atoms with Crippen LogP contribution >= 0.6 is 11.8 Å². The molecule has 4 nitrogen and oxygen atoms in total.